The molecular formula is C27H38N8O3. The van der Waals surface area contributed by atoms with Crippen LogP contribution >= 0.6 is 0 Å². The number of fused-ring (bicyclic) bond motifs is 1. The molecule has 2 aliphatic heterocycles. The Balaban J connectivity index is 1.21. The van der Waals surface area contributed by atoms with Crippen LogP contribution < -0.4 is 15.8 Å². The lowest BCUT2D eigenvalue weighted by molar-refractivity contribution is 0.0608. The highest BCUT2D eigenvalue weighted by atomic mass is 16.5. The minimum Gasteiger partial charge on any atom is -0.480 e. The summed E-state index contributed by atoms with van der Waals surface area (Å²) in [5.41, 5.74) is 8.35. The lowest BCUT2D eigenvalue weighted by Gasteiger charge is -2.37. The maximum absolute atomic E-state index is 13.1. The van der Waals surface area contributed by atoms with E-state index in [1.54, 1.807) is 4.57 Å². The number of ether oxygens (including phenoxy) is 1. The summed E-state index contributed by atoms with van der Waals surface area (Å²) >= 11 is 0. The number of anilines is 1. The molecule has 11 heteroatoms. The molecule has 204 valence electrons. The van der Waals surface area contributed by atoms with Gasteiger partial charge in [-0.1, -0.05) is 25.5 Å². The molecule has 4 heterocycles. The van der Waals surface area contributed by atoms with Gasteiger partial charge in [0, 0.05) is 38.3 Å². The fraction of sp³-hybridized carbons (Fsp3) is 0.556. The van der Waals surface area contributed by atoms with E-state index >= 15 is 0 Å². The van der Waals surface area contributed by atoms with Crippen LogP contribution in [0.2, 0.25) is 0 Å². The Bertz CT molecular complexity index is 1230. The van der Waals surface area contributed by atoms with Gasteiger partial charge in [0.15, 0.2) is 17.0 Å². The van der Waals surface area contributed by atoms with Crippen LogP contribution in [0.15, 0.2) is 24.3 Å². The summed E-state index contributed by atoms with van der Waals surface area (Å²) in [6, 6.07) is 7.45. The van der Waals surface area contributed by atoms with Crippen molar-refractivity contribution in [2.75, 3.05) is 58.2 Å². The highest BCUT2D eigenvalue weighted by Gasteiger charge is 2.25. The number of hydrogen-bond acceptors (Lipinski definition) is 9. The number of piperazine rings is 1. The van der Waals surface area contributed by atoms with Crippen LogP contribution in [-0.2, 0) is 6.54 Å². The number of unbranched alkanes of at least 4 members (excludes halogenated alkanes) is 1. The molecular weight excluding hydrogens is 484 g/mol. The SMILES string of the molecule is CCCCOc1nc(N)c2nc(O)n(Cc3ccc(C(=O)N4CCN(CC5CCNCC5)CC4)cc3)c2n1. The smallest absolute Gasteiger partial charge is 0.320 e. The van der Waals surface area contributed by atoms with E-state index in [1.807, 2.05) is 29.2 Å². The van der Waals surface area contributed by atoms with E-state index in [-0.39, 0.29) is 23.7 Å². The zero-order valence-corrected chi connectivity index (χ0v) is 22.1. The third-order valence-electron chi connectivity index (χ3n) is 7.49. The molecule has 0 atom stereocenters. The summed E-state index contributed by atoms with van der Waals surface area (Å²) in [5, 5.41) is 13.9. The summed E-state index contributed by atoms with van der Waals surface area (Å²) in [7, 11) is 0. The van der Waals surface area contributed by atoms with Crippen molar-refractivity contribution >= 4 is 22.9 Å². The first-order chi connectivity index (χ1) is 18.5. The van der Waals surface area contributed by atoms with Crippen LogP contribution in [0, 0.1) is 5.92 Å². The van der Waals surface area contributed by atoms with Gasteiger partial charge in [-0.05, 0) is 56.0 Å². The number of imidazole rings is 1. The fourth-order valence-electron chi connectivity index (χ4n) is 5.19. The van der Waals surface area contributed by atoms with E-state index in [9.17, 15) is 9.90 Å². The minimum atomic E-state index is -0.200. The molecule has 2 aromatic heterocycles. The highest BCUT2D eigenvalue weighted by molar-refractivity contribution is 5.94. The molecule has 0 saturated carbocycles. The van der Waals surface area contributed by atoms with Crippen LogP contribution in [0.4, 0.5) is 5.82 Å². The fourth-order valence-corrected chi connectivity index (χ4v) is 5.19. The number of rotatable bonds is 9. The molecule has 1 amide bonds. The average Bonchev–Trinajstić information content (AvgIpc) is 3.25. The Kier molecular flexibility index (Phi) is 8.23. The van der Waals surface area contributed by atoms with Gasteiger partial charge in [-0.25, -0.2) is 0 Å². The van der Waals surface area contributed by atoms with Gasteiger partial charge >= 0.3 is 6.01 Å². The number of piperidine rings is 1. The van der Waals surface area contributed by atoms with Crippen LogP contribution in [-0.4, -0.2) is 92.8 Å². The molecule has 2 fully saturated rings. The van der Waals surface area contributed by atoms with Crippen LogP contribution in [0.3, 0.4) is 0 Å². The zero-order valence-electron chi connectivity index (χ0n) is 22.1. The second-order valence-electron chi connectivity index (χ2n) is 10.2. The van der Waals surface area contributed by atoms with Gasteiger partial charge in [0.25, 0.3) is 11.9 Å². The first-order valence-corrected chi connectivity index (χ1v) is 13.7. The van der Waals surface area contributed by atoms with Gasteiger partial charge in [0.2, 0.25) is 0 Å². The van der Waals surface area contributed by atoms with Crippen molar-refractivity contribution in [3.8, 4) is 12.0 Å². The molecule has 3 aromatic rings. The van der Waals surface area contributed by atoms with Crippen LogP contribution in [0.1, 0.15) is 48.5 Å². The Morgan fingerprint density at radius 3 is 2.55 bits per heavy atom. The maximum atomic E-state index is 13.1. The van der Waals surface area contributed by atoms with E-state index < -0.39 is 0 Å². The first-order valence-electron chi connectivity index (χ1n) is 13.7. The van der Waals surface area contributed by atoms with Gasteiger partial charge in [0.05, 0.1) is 13.2 Å². The van der Waals surface area contributed by atoms with E-state index in [1.165, 1.54) is 12.8 Å². The van der Waals surface area contributed by atoms with Gasteiger partial charge in [-0.3, -0.25) is 14.3 Å². The second-order valence-corrected chi connectivity index (χ2v) is 10.2. The van der Waals surface area contributed by atoms with Crippen molar-refractivity contribution < 1.29 is 14.6 Å². The number of nitrogen functional groups attached to an aromatic ring is 1. The van der Waals surface area contributed by atoms with Gasteiger partial charge in [0.1, 0.15) is 0 Å². The van der Waals surface area contributed by atoms with Gasteiger partial charge < -0.3 is 25.8 Å². The molecule has 0 spiro atoms. The molecule has 2 saturated heterocycles. The third kappa shape index (κ3) is 5.99. The molecule has 0 radical (unpaired) electrons. The number of nitrogens with zero attached hydrogens (tertiary/aromatic N) is 6. The molecule has 0 bridgehead atoms. The van der Waals surface area contributed by atoms with E-state index in [4.69, 9.17) is 10.5 Å². The molecule has 0 unspecified atom stereocenters. The normalized spacial score (nSPS) is 17.2. The number of carbonyl (C=O) groups is 1. The van der Waals surface area contributed by atoms with E-state index in [2.05, 4.69) is 32.1 Å². The topological polar surface area (TPSA) is 135 Å². The van der Waals surface area contributed by atoms with E-state index in [0.29, 0.717) is 29.9 Å². The van der Waals surface area contributed by atoms with Crippen molar-refractivity contribution in [2.24, 2.45) is 5.92 Å². The van der Waals surface area contributed by atoms with Gasteiger partial charge in [-0.2, -0.15) is 15.0 Å². The summed E-state index contributed by atoms with van der Waals surface area (Å²) in [4.78, 5) is 30.3. The maximum Gasteiger partial charge on any atom is 0.320 e. The summed E-state index contributed by atoms with van der Waals surface area (Å²) < 4.78 is 7.19. The monoisotopic (exact) mass is 522 g/mol. The Morgan fingerprint density at radius 1 is 1.11 bits per heavy atom. The standard InChI is InChI=1S/C27H38N8O3/c1-2-3-16-38-26-31-23(28)22-24(32-26)35(27(37)30-22)18-19-4-6-21(7-5-19)25(36)34-14-12-33(13-15-34)17-20-8-10-29-11-9-20/h4-7,20,29H,2-3,8-18H2,1H3,(H,30,37)(H2,28,31,32). The molecule has 38 heavy (non-hydrogen) atoms. The Labute approximate surface area is 223 Å². The predicted molar refractivity (Wildman–Crippen MR) is 145 cm³/mol. The van der Waals surface area contributed by atoms with Gasteiger partial charge in [-0.15, -0.1) is 0 Å². The third-order valence-corrected chi connectivity index (χ3v) is 7.49. The number of nitrogens with one attached hydrogen (secondary N) is 1. The van der Waals surface area contributed by atoms with Crippen molar-refractivity contribution in [1.82, 2.24) is 34.6 Å². The Hall–Kier alpha value is -3.44. The molecule has 5 rings (SSSR count). The zero-order chi connectivity index (χ0) is 26.5. The molecule has 0 aliphatic carbocycles. The number of aromatic hydroxyl groups is 1. The second kappa shape index (κ2) is 12.0. The molecule has 2 aliphatic rings. The summed E-state index contributed by atoms with van der Waals surface area (Å²) in [5.74, 6) is 0.983. The molecule has 11 nitrogen and oxygen atoms in total. The van der Waals surface area contributed by atoms with Crippen LogP contribution in [0.25, 0.3) is 11.2 Å². The predicted octanol–water partition coefficient (Wildman–Crippen LogP) is 2.10. The number of benzene rings is 1. The number of hydrogen-bond donors (Lipinski definition) is 3. The largest absolute Gasteiger partial charge is 0.480 e. The number of carbonyl (C=O) groups excluding carboxylic acids is 1. The minimum absolute atomic E-state index is 0.0587. The lowest BCUT2D eigenvalue weighted by Crippen LogP contribution is -2.50. The van der Waals surface area contributed by atoms with Crippen molar-refractivity contribution in [3.63, 3.8) is 0 Å². The van der Waals surface area contributed by atoms with Crippen molar-refractivity contribution in [1.29, 1.82) is 0 Å². The first kappa shape index (κ1) is 26.2. The summed E-state index contributed by atoms with van der Waals surface area (Å²) in [6.07, 6.45) is 4.35. The molecule has 1 aromatic carbocycles. The Morgan fingerprint density at radius 2 is 1.84 bits per heavy atom. The van der Waals surface area contributed by atoms with Crippen molar-refractivity contribution in [2.45, 2.75) is 39.2 Å². The lowest BCUT2D eigenvalue weighted by atomic mass is 9.97. The highest BCUT2D eigenvalue weighted by Crippen LogP contribution is 2.26. The molecule has 4 N–H and O–H groups in total. The summed E-state index contributed by atoms with van der Waals surface area (Å²) in [6.45, 7) is 9.61. The number of aromatic nitrogens is 4. The average molecular weight is 523 g/mol. The van der Waals surface area contributed by atoms with E-state index in [0.717, 1.165) is 70.1 Å². The van der Waals surface area contributed by atoms with Crippen LogP contribution in [0.5, 0.6) is 12.0 Å². The number of amides is 1. The number of nitrogens with two attached hydrogens (primary N) is 1. The van der Waals surface area contributed by atoms with Crippen molar-refractivity contribution in [3.05, 3.63) is 35.4 Å². The quantitative estimate of drug-likeness (QED) is 0.361.